The largest absolute Gasteiger partial charge is 0.475 e. The van der Waals surface area contributed by atoms with Crippen LogP contribution in [0, 0.1) is 20.8 Å². The molecule has 1 saturated heterocycles. The lowest BCUT2D eigenvalue weighted by molar-refractivity contribution is -0.120. The highest BCUT2D eigenvalue weighted by atomic mass is 16.5. The van der Waals surface area contributed by atoms with Crippen molar-refractivity contribution in [3.8, 4) is 5.75 Å². The number of carbonyl (C=O) groups is 1. The first kappa shape index (κ1) is 21.9. The number of anilines is 1. The minimum atomic E-state index is -0.114. The van der Waals surface area contributed by atoms with Crippen LogP contribution < -0.4 is 15.8 Å². The normalized spacial score (nSPS) is 19.7. The van der Waals surface area contributed by atoms with Gasteiger partial charge >= 0.3 is 0 Å². The lowest BCUT2D eigenvalue weighted by Gasteiger charge is -2.39. The monoisotopic (exact) mass is 407 g/mol. The molecule has 160 valence electrons. The number of hydrogen-bond donors (Lipinski definition) is 2. The van der Waals surface area contributed by atoms with Crippen molar-refractivity contribution in [1.29, 1.82) is 0 Å². The molecule has 30 heavy (non-hydrogen) atoms. The van der Waals surface area contributed by atoms with Gasteiger partial charge in [-0.05, 0) is 55.5 Å². The molecule has 1 aliphatic heterocycles. The van der Waals surface area contributed by atoms with E-state index in [9.17, 15) is 4.79 Å². The highest BCUT2D eigenvalue weighted by Crippen LogP contribution is 2.31. The van der Waals surface area contributed by atoms with Crippen LogP contribution >= 0.6 is 0 Å². The summed E-state index contributed by atoms with van der Waals surface area (Å²) in [6.07, 6.45) is 5.87. The van der Waals surface area contributed by atoms with Crippen molar-refractivity contribution < 1.29 is 9.53 Å². The van der Waals surface area contributed by atoms with Crippen molar-refractivity contribution >= 4 is 17.7 Å². The number of piperidine rings is 1. The van der Waals surface area contributed by atoms with Crippen molar-refractivity contribution in [2.75, 3.05) is 18.8 Å². The standard InChI is InChI=1S/C25H33N3O2/c1-17-15-23(18(2)19(3)25(17)26)30-24-16-22(27-20(4)29)12-14-28(24)13-8-11-21-9-6-5-7-10-21/h5-11,15,22,24H,12-14,16,26H2,1-4H3,(H,27,29)/b11-8+. The average Bonchev–Trinajstić information content (AvgIpc) is 2.72. The lowest BCUT2D eigenvalue weighted by Crippen LogP contribution is -2.51. The summed E-state index contributed by atoms with van der Waals surface area (Å²) in [5.41, 5.74) is 11.4. The predicted molar refractivity (Wildman–Crippen MR) is 123 cm³/mol. The Bertz CT molecular complexity index is 908. The number of nitrogens with zero attached hydrogens (tertiary/aromatic N) is 1. The molecule has 5 nitrogen and oxygen atoms in total. The van der Waals surface area contributed by atoms with E-state index in [1.165, 1.54) is 5.56 Å². The highest BCUT2D eigenvalue weighted by molar-refractivity contribution is 5.73. The smallest absolute Gasteiger partial charge is 0.217 e. The number of hydrogen-bond acceptors (Lipinski definition) is 4. The van der Waals surface area contributed by atoms with E-state index >= 15 is 0 Å². The molecule has 2 aromatic rings. The molecule has 1 amide bonds. The molecule has 3 rings (SSSR count). The molecular formula is C25H33N3O2. The zero-order valence-corrected chi connectivity index (χ0v) is 18.4. The van der Waals surface area contributed by atoms with E-state index in [4.69, 9.17) is 10.5 Å². The van der Waals surface area contributed by atoms with Crippen LogP contribution in [0.4, 0.5) is 5.69 Å². The molecule has 2 unspecified atom stereocenters. The van der Waals surface area contributed by atoms with Crippen LogP contribution in [-0.4, -0.2) is 36.2 Å². The summed E-state index contributed by atoms with van der Waals surface area (Å²) in [6.45, 7) is 9.32. The summed E-state index contributed by atoms with van der Waals surface area (Å²) in [5, 5.41) is 3.06. The Morgan fingerprint density at radius 2 is 1.97 bits per heavy atom. The van der Waals surface area contributed by atoms with E-state index < -0.39 is 0 Å². The summed E-state index contributed by atoms with van der Waals surface area (Å²) in [5.74, 6) is 0.872. The highest BCUT2D eigenvalue weighted by Gasteiger charge is 2.30. The summed E-state index contributed by atoms with van der Waals surface area (Å²) in [6, 6.07) is 12.4. The van der Waals surface area contributed by atoms with Crippen LogP contribution in [0.15, 0.2) is 42.5 Å². The molecule has 2 aromatic carbocycles. The second-order valence-corrected chi connectivity index (χ2v) is 8.16. The van der Waals surface area contributed by atoms with E-state index in [0.717, 1.165) is 54.1 Å². The lowest BCUT2D eigenvalue weighted by atomic mass is 10.0. The van der Waals surface area contributed by atoms with Crippen LogP contribution in [0.5, 0.6) is 5.75 Å². The molecule has 3 N–H and O–H groups in total. The number of nitrogen functional groups attached to an aromatic ring is 1. The summed E-state index contributed by atoms with van der Waals surface area (Å²) < 4.78 is 6.52. The van der Waals surface area contributed by atoms with Crippen LogP contribution in [0.1, 0.15) is 42.0 Å². The molecule has 0 spiro atoms. The van der Waals surface area contributed by atoms with Gasteiger partial charge in [0.15, 0.2) is 6.23 Å². The summed E-state index contributed by atoms with van der Waals surface area (Å²) in [7, 11) is 0. The number of benzene rings is 2. The average molecular weight is 408 g/mol. The van der Waals surface area contributed by atoms with E-state index in [-0.39, 0.29) is 18.2 Å². The molecule has 0 aliphatic carbocycles. The number of carbonyl (C=O) groups excluding carboxylic acids is 1. The Labute approximate surface area is 179 Å². The maximum atomic E-state index is 11.6. The number of nitrogens with one attached hydrogen (secondary N) is 1. The number of rotatable bonds is 6. The van der Waals surface area contributed by atoms with Gasteiger partial charge in [0.1, 0.15) is 5.75 Å². The van der Waals surface area contributed by atoms with E-state index in [2.05, 4.69) is 34.5 Å². The van der Waals surface area contributed by atoms with Gasteiger partial charge in [0.25, 0.3) is 0 Å². The van der Waals surface area contributed by atoms with Crippen LogP contribution in [-0.2, 0) is 4.79 Å². The minimum Gasteiger partial charge on any atom is -0.475 e. The van der Waals surface area contributed by atoms with Crippen molar-refractivity contribution in [2.24, 2.45) is 0 Å². The fraction of sp³-hybridized carbons (Fsp3) is 0.400. The van der Waals surface area contributed by atoms with Crippen molar-refractivity contribution in [3.63, 3.8) is 0 Å². The third-order valence-electron chi connectivity index (χ3n) is 5.89. The van der Waals surface area contributed by atoms with Crippen LogP contribution in [0.2, 0.25) is 0 Å². The van der Waals surface area contributed by atoms with Gasteiger partial charge in [0.05, 0.1) is 0 Å². The van der Waals surface area contributed by atoms with E-state index in [1.54, 1.807) is 6.92 Å². The first-order valence-corrected chi connectivity index (χ1v) is 10.6. The molecule has 0 bridgehead atoms. The third-order valence-corrected chi connectivity index (χ3v) is 5.89. The predicted octanol–water partition coefficient (Wildman–Crippen LogP) is 4.21. The Morgan fingerprint density at radius 1 is 1.23 bits per heavy atom. The Hall–Kier alpha value is -2.79. The molecule has 1 aliphatic rings. The topological polar surface area (TPSA) is 67.6 Å². The van der Waals surface area contributed by atoms with Gasteiger partial charge in [0.2, 0.25) is 5.91 Å². The van der Waals surface area contributed by atoms with E-state index in [0.29, 0.717) is 0 Å². The molecule has 0 aromatic heterocycles. The quantitative estimate of drug-likeness (QED) is 0.704. The van der Waals surface area contributed by atoms with Gasteiger partial charge in [-0.2, -0.15) is 0 Å². The fourth-order valence-corrected chi connectivity index (χ4v) is 3.95. The molecule has 0 saturated carbocycles. The first-order valence-electron chi connectivity index (χ1n) is 10.6. The molecule has 1 heterocycles. The number of aryl methyl sites for hydroxylation is 1. The minimum absolute atomic E-state index is 0.00604. The van der Waals surface area contributed by atoms with Gasteiger partial charge in [-0.15, -0.1) is 0 Å². The van der Waals surface area contributed by atoms with E-state index in [1.807, 2.05) is 45.0 Å². The second-order valence-electron chi connectivity index (χ2n) is 8.16. The maximum absolute atomic E-state index is 11.6. The van der Waals surface area contributed by atoms with Crippen molar-refractivity contribution in [3.05, 3.63) is 64.7 Å². The number of ether oxygens (including phenoxy) is 1. The third kappa shape index (κ3) is 5.42. The van der Waals surface area contributed by atoms with Gasteiger partial charge in [0, 0.05) is 38.2 Å². The Morgan fingerprint density at radius 3 is 2.67 bits per heavy atom. The molecule has 2 atom stereocenters. The maximum Gasteiger partial charge on any atom is 0.217 e. The van der Waals surface area contributed by atoms with Crippen molar-refractivity contribution in [2.45, 2.75) is 52.8 Å². The number of likely N-dealkylation sites (tertiary alicyclic amines) is 1. The van der Waals surface area contributed by atoms with Crippen LogP contribution in [0.25, 0.3) is 6.08 Å². The van der Waals surface area contributed by atoms with Gasteiger partial charge in [-0.25, -0.2) is 0 Å². The fourth-order valence-electron chi connectivity index (χ4n) is 3.95. The van der Waals surface area contributed by atoms with Crippen molar-refractivity contribution in [1.82, 2.24) is 10.2 Å². The molecule has 0 radical (unpaired) electrons. The zero-order chi connectivity index (χ0) is 21.7. The second kappa shape index (κ2) is 9.81. The first-order chi connectivity index (χ1) is 14.3. The molecule has 1 fully saturated rings. The number of amides is 1. The van der Waals surface area contributed by atoms with Gasteiger partial charge < -0.3 is 15.8 Å². The Balaban J connectivity index is 1.77. The van der Waals surface area contributed by atoms with Gasteiger partial charge in [-0.1, -0.05) is 42.5 Å². The van der Waals surface area contributed by atoms with Gasteiger partial charge in [-0.3, -0.25) is 9.69 Å². The summed E-state index contributed by atoms with van der Waals surface area (Å²) in [4.78, 5) is 13.9. The zero-order valence-electron chi connectivity index (χ0n) is 18.4. The molecule has 5 heteroatoms. The number of nitrogens with two attached hydrogens (primary N) is 1. The Kier molecular flexibility index (Phi) is 7.16. The molecular weight excluding hydrogens is 374 g/mol. The summed E-state index contributed by atoms with van der Waals surface area (Å²) >= 11 is 0. The van der Waals surface area contributed by atoms with Crippen LogP contribution in [0.3, 0.4) is 0 Å². The SMILES string of the molecule is CC(=O)NC1CCN(C/C=C/c2ccccc2)C(Oc2cc(C)c(N)c(C)c2C)C1.